The van der Waals surface area contributed by atoms with E-state index in [9.17, 15) is 4.79 Å². The van der Waals surface area contributed by atoms with Crippen molar-refractivity contribution in [2.45, 2.75) is 58.7 Å². The van der Waals surface area contributed by atoms with Gasteiger partial charge in [-0.3, -0.25) is 14.9 Å². The first-order chi connectivity index (χ1) is 11.8. The second-order valence-corrected chi connectivity index (χ2v) is 7.49. The number of aromatic amines is 1. The van der Waals surface area contributed by atoms with Crippen LogP contribution < -0.4 is 5.32 Å². The first kappa shape index (κ1) is 17.6. The lowest BCUT2D eigenvalue weighted by Gasteiger charge is -2.27. The summed E-state index contributed by atoms with van der Waals surface area (Å²) in [6, 6.07) is 3.96. The van der Waals surface area contributed by atoms with Crippen LogP contribution in [0.4, 0.5) is 0 Å². The van der Waals surface area contributed by atoms with Crippen molar-refractivity contribution in [1.82, 2.24) is 20.5 Å². The van der Waals surface area contributed by atoms with Crippen LogP contribution in [-0.2, 0) is 16.6 Å². The molecule has 134 valence electrons. The predicted molar refractivity (Wildman–Crippen MR) is 95.6 cm³/mol. The van der Waals surface area contributed by atoms with Gasteiger partial charge in [0.2, 0.25) is 0 Å². The standard InChI is InChI=1S/C19H26N4O2/c1-11-7-6-8-20-17(11)19(4,5)10-21-18(24)16-14-9-12(2)25-13(3)15(14)22-23-16/h6-8,12-13H,9-10H2,1-5H3,(H,21,24)(H,22,23)/t12-,13+/m1/s1. The van der Waals surface area contributed by atoms with Gasteiger partial charge in [-0.15, -0.1) is 0 Å². The molecule has 2 aromatic rings. The number of rotatable bonds is 4. The first-order valence-electron chi connectivity index (χ1n) is 8.72. The van der Waals surface area contributed by atoms with Crippen molar-refractivity contribution in [3.05, 3.63) is 46.5 Å². The molecule has 6 heteroatoms. The molecular weight excluding hydrogens is 316 g/mol. The van der Waals surface area contributed by atoms with Gasteiger partial charge in [0.1, 0.15) is 0 Å². The number of pyridine rings is 1. The van der Waals surface area contributed by atoms with Crippen molar-refractivity contribution in [3.8, 4) is 0 Å². The van der Waals surface area contributed by atoms with E-state index in [2.05, 4.69) is 34.3 Å². The number of ether oxygens (including phenoxy) is 1. The Kier molecular flexibility index (Phi) is 4.64. The highest BCUT2D eigenvalue weighted by Crippen LogP contribution is 2.30. The van der Waals surface area contributed by atoms with Gasteiger partial charge in [-0.2, -0.15) is 5.10 Å². The summed E-state index contributed by atoms with van der Waals surface area (Å²) in [5, 5.41) is 10.2. The number of carbonyl (C=O) groups excluding carboxylic acids is 1. The number of aromatic nitrogens is 3. The maximum absolute atomic E-state index is 12.7. The third-order valence-corrected chi connectivity index (χ3v) is 4.79. The molecule has 1 aliphatic rings. The monoisotopic (exact) mass is 342 g/mol. The molecule has 2 aromatic heterocycles. The molecule has 3 rings (SSSR count). The van der Waals surface area contributed by atoms with E-state index in [1.165, 1.54) is 0 Å². The molecule has 1 aliphatic heterocycles. The summed E-state index contributed by atoms with van der Waals surface area (Å²) in [4.78, 5) is 17.2. The Labute approximate surface area is 148 Å². The highest BCUT2D eigenvalue weighted by Gasteiger charge is 2.31. The Balaban J connectivity index is 1.75. The Morgan fingerprint density at radius 1 is 1.44 bits per heavy atom. The summed E-state index contributed by atoms with van der Waals surface area (Å²) in [5.41, 5.74) is 4.21. The van der Waals surface area contributed by atoms with E-state index in [0.717, 1.165) is 22.5 Å². The maximum atomic E-state index is 12.7. The molecule has 0 saturated heterocycles. The Hall–Kier alpha value is -2.21. The van der Waals surface area contributed by atoms with Gasteiger partial charge < -0.3 is 10.1 Å². The quantitative estimate of drug-likeness (QED) is 0.895. The van der Waals surface area contributed by atoms with Gasteiger partial charge in [0, 0.05) is 30.1 Å². The van der Waals surface area contributed by atoms with Crippen LogP contribution in [0.3, 0.4) is 0 Å². The minimum absolute atomic E-state index is 0.0691. The van der Waals surface area contributed by atoms with E-state index >= 15 is 0 Å². The summed E-state index contributed by atoms with van der Waals surface area (Å²) in [7, 11) is 0. The summed E-state index contributed by atoms with van der Waals surface area (Å²) in [5.74, 6) is -0.152. The molecule has 25 heavy (non-hydrogen) atoms. The molecule has 2 N–H and O–H groups in total. The van der Waals surface area contributed by atoms with Crippen molar-refractivity contribution >= 4 is 5.91 Å². The van der Waals surface area contributed by atoms with Gasteiger partial charge in [-0.05, 0) is 32.4 Å². The lowest BCUT2D eigenvalue weighted by atomic mass is 9.86. The van der Waals surface area contributed by atoms with Crippen LogP contribution in [-0.4, -0.2) is 33.7 Å². The molecular formula is C19H26N4O2. The molecule has 0 spiro atoms. The van der Waals surface area contributed by atoms with E-state index in [0.29, 0.717) is 18.7 Å². The highest BCUT2D eigenvalue weighted by molar-refractivity contribution is 5.94. The number of hydrogen-bond donors (Lipinski definition) is 2. The van der Waals surface area contributed by atoms with Crippen molar-refractivity contribution in [1.29, 1.82) is 0 Å². The number of amides is 1. The third kappa shape index (κ3) is 3.44. The van der Waals surface area contributed by atoms with Crippen molar-refractivity contribution in [2.24, 2.45) is 0 Å². The second-order valence-electron chi connectivity index (χ2n) is 7.49. The fourth-order valence-electron chi connectivity index (χ4n) is 3.52. The maximum Gasteiger partial charge on any atom is 0.272 e. The Bertz CT molecular complexity index is 781. The zero-order valence-electron chi connectivity index (χ0n) is 15.5. The van der Waals surface area contributed by atoms with Crippen LogP contribution in [0.5, 0.6) is 0 Å². The molecule has 3 heterocycles. The number of H-pyrrole nitrogens is 1. The SMILES string of the molecule is Cc1cccnc1C(C)(C)CNC(=O)c1n[nH]c2c1C[C@@H](C)O[C@H]2C. The van der Waals surface area contributed by atoms with Crippen molar-refractivity contribution in [3.63, 3.8) is 0 Å². The van der Waals surface area contributed by atoms with E-state index < -0.39 is 0 Å². The molecule has 0 saturated carbocycles. The van der Waals surface area contributed by atoms with E-state index in [1.807, 2.05) is 32.9 Å². The minimum atomic E-state index is -0.263. The number of hydrogen-bond acceptors (Lipinski definition) is 4. The molecule has 6 nitrogen and oxygen atoms in total. The van der Waals surface area contributed by atoms with Crippen LogP contribution >= 0.6 is 0 Å². The van der Waals surface area contributed by atoms with Gasteiger partial charge in [0.15, 0.2) is 5.69 Å². The van der Waals surface area contributed by atoms with E-state index in [4.69, 9.17) is 4.74 Å². The summed E-state index contributed by atoms with van der Waals surface area (Å²) >= 11 is 0. The molecule has 0 bridgehead atoms. The highest BCUT2D eigenvalue weighted by atomic mass is 16.5. The Morgan fingerprint density at radius 2 is 2.20 bits per heavy atom. The van der Waals surface area contributed by atoms with Gasteiger partial charge in [-0.25, -0.2) is 0 Å². The van der Waals surface area contributed by atoms with E-state index in [1.54, 1.807) is 6.20 Å². The molecule has 1 amide bonds. The van der Waals surface area contributed by atoms with Crippen LogP contribution in [0.25, 0.3) is 0 Å². The molecule has 0 fully saturated rings. The van der Waals surface area contributed by atoms with E-state index in [-0.39, 0.29) is 23.5 Å². The second kappa shape index (κ2) is 6.59. The zero-order valence-corrected chi connectivity index (χ0v) is 15.5. The van der Waals surface area contributed by atoms with Gasteiger partial charge in [0.05, 0.1) is 23.6 Å². The zero-order chi connectivity index (χ0) is 18.2. The van der Waals surface area contributed by atoms with Crippen LogP contribution in [0.2, 0.25) is 0 Å². The van der Waals surface area contributed by atoms with Crippen LogP contribution in [0, 0.1) is 6.92 Å². The number of carbonyl (C=O) groups is 1. The average Bonchev–Trinajstić information content (AvgIpc) is 2.97. The lowest BCUT2D eigenvalue weighted by molar-refractivity contribution is -0.00697. The topological polar surface area (TPSA) is 79.9 Å². The van der Waals surface area contributed by atoms with Crippen LogP contribution in [0.1, 0.15) is 66.8 Å². The van der Waals surface area contributed by atoms with Crippen molar-refractivity contribution < 1.29 is 9.53 Å². The number of nitrogens with zero attached hydrogens (tertiary/aromatic N) is 2. The number of nitrogens with one attached hydrogen (secondary N) is 2. The summed E-state index contributed by atoms with van der Waals surface area (Å²) < 4.78 is 5.78. The fraction of sp³-hybridized carbons (Fsp3) is 0.526. The normalized spacial score (nSPS) is 20.2. The van der Waals surface area contributed by atoms with Gasteiger partial charge >= 0.3 is 0 Å². The van der Waals surface area contributed by atoms with Crippen LogP contribution in [0.15, 0.2) is 18.3 Å². The summed E-state index contributed by atoms with van der Waals surface area (Å²) in [6.45, 7) is 10.7. The van der Waals surface area contributed by atoms with Gasteiger partial charge in [-0.1, -0.05) is 19.9 Å². The third-order valence-electron chi connectivity index (χ3n) is 4.79. The minimum Gasteiger partial charge on any atom is -0.369 e. The molecule has 0 radical (unpaired) electrons. The first-order valence-corrected chi connectivity index (χ1v) is 8.72. The number of fused-ring (bicyclic) bond motifs is 1. The molecule has 0 aliphatic carbocycles. The largest absolute Gasteiger partial charge is 0.369 e. The van der Waals surface area contributed by atoms with Gasteiger partial charge in [0.25, 0.3) is 5.91 Å². The predicted octanol–water partition coefficient (Wildman–Crippen LogP) is 2.84. The average molecular weight is 342 g/mol. The fourth-order valence-corrected chi connectivity index (χ4v) is 3.52. The van der Waals surface area contributed by atoms with Crippen molar-refractivity contribution in [2.75, 3.05) is 6.54 Å². The molecule has 2 atom stereocenters. The number of aryl methyl sites for hydroxylation is 1. The molecule has 0 aromatic carbocycles. The Morgan fingerprint density at radius 3 is 2.92 bits per heavy atom. The lowest BCUT2D eigenvalue weighted by Crippen LogP contribution is -2.38. The smallest absolute Gasteiger partial charge is 0.272 e. The molecule has 0 unspecified atom stereocenters. The summed E-state index contributed by atoms with van der Waals surface area (Å²) in [6.07, 6.45) is 2.50.